The van der Waals surface area contributed by atoms with Crippen LogP contribution in [0.25, 0.3) is 10.2 Å². The normalized spacial score (nSPS) is 13.5. The van der Waals surface area contributed by atoms with Crippen LogP contribution in [0.4, 0.5) is 5.13 Å². The lowest BCUT2D eigenvalue weighted by Gasteiger charge is -2.17. The van der Waals surface area contributed by atoms with E-state index in [0.29, 0.717) is 47.5 Å². The first kappa shape index (κ1) is 21.5. The monoisotopic (exact) mass is 461 g/mol. The van der Waals surface area contributed by atoms with Crippen LogP contribution in [-0.4, -0.2) is 50.4 Å². The lowest BCUT2D eigenvalue weighted by atomic mass is 10.2. The summed E-state index contributed by atoms with van der Waals surface area (Å²) in [5, 5.41) is 3.22. The molecule has 1 amide bonds. The largest absolute Gasteiger partial charge is 0.486 e. The van der Waals surface area contributed by atoms with Gasteiger partial charge in [-0.05, 0) is 30.7 Å². The molecule has 0 atom stereocenters. The molecular weight excluding hydrogens is 438 g/mol. The third kappa shape index (κ3) is 4.51. The molecule has 0 aliphatic carbocycles. The van der Waals surface area contributed by atoms with Gasteiger partial charge in [0, 0.05) is 31.3 Å². The van der Waals surface area contributed by atoms with Crippen molar-refractivity contribution in [2.45, 2.75) is 24.7 Å². The Morgan fingerprint density at radius 3 is 2.52 bits per heavy atom. The molecule has 2 heterocycles. The summed E-state index contributed by atoms with van der Waals surface area (Å²) in [5.74, 6) is 0.947. The highest BCUT2D eigenvalue weighted by Gasteiger charge is 2.21. The Labute approximate surface area is 184 Å². The maximum absolute atomic E-state index is 12.6. The summed E-state index contributed by atoms with van der Waals surface area (Å²) in [7, 11) is -2.01. The molecule has 0 spiro atoms. The molecule has 1 aliphatic heterocycles. The van der Waals surface area contributed by atoms with E-state index in [2.05, 4.69) is 10.3 Å². The van der Waals surface area contributed by atoms with Gasteiger partial charge in [-0.1, -0.05) is 24.7 Å². The number of nitrogens with one attached hydrogen (secondary N) is 1. The van der Waals surface area contributed by atoms with Crippen molar-refractivity contribution in [3.8, 4) is 11.5 Å². The molecule has 0 bridgehead atoms. The van der Waals surface area contributed by atoms with Crippen LogP contribution in [0.3, 0.4) is 0 Å². The van der Waals surface area contributed by atoms with Crippen LogP contribution < -0.4 is 14.8 Å². The predicted molar refractivity (Wildman–Crippen MR) is 120 cm³/mol. The van der Waals surface area contributed by atoms with Crippen LogP contribution in [0.1, 0.15) is 30.1 Å². The maximum atomic E-state index is 12.6. The molecule has 0 fully saturated rings. The van der Waals surface area contributed by atoms with Crippen molar-refractivity contribution in [2.24, 2.45) is 0 Å². The second-order valence-electron chi connectivity index (χ2n) is 7.14. The van der Waals surface area contributed by atoms with E-state index < -0.39 is 10.0 Å². The standard InChI is InChI=1S/C21H23N3O5S2/c1-3-4-9-24(2)31(26,27)15-7-5-14(6-8-15)20(25)23-21-22-16-12-17-18(13-19(16)30-21)29-11-10-28-17/h5-8,12-13H,3-4,9-11H2,1-2H3,(H,22,23,25). The molecule has 10 heteroatoms. The topological polar surface area (TPSA) is 97.8 Å². The fraction of sp³-hybridized carbons (Fsp3) is 0.333. The number of hydrogen-bond donors (Lipinski definition) is 1. The van der Waals surface area contributed by atoms with Crippen molar-refractivity contribution in [2.75, 3.05) is 32.1 Å². The van der Waals surface area contributed by atoms with Gasteiger partial charge in [0.2, 0.25) is 10.0 Å². The van der Waals surface area contributed by atoms with Crippen LogP contribution in [0.5, 0.6) is 11.5 Å². The molecule has 1 aromatic heterocycles. The molecule has 1 N–H and O–H groups in total. The van der Waals surface area contributed by atoms with Gasteiger partial charge in [0.15, 0.2) is 16.6 Å². The zero-order valence-electron chi connectivity index (χ0n) is 17.3. The van der Waals surface area contributed by atoms with Gasteiger partial charge in [0.25, 0.3) is 5.91 Å². The summed E-state index contributed by atoms with van der Waals surface area (Å²) >= 11 is 1.33. The Hall–Kier alpha value is -2.69. The van der Waals surface area contributed by atoms with Gasteiger partial charge in [0.1, 0.15) is 13.2 Å². The zero-order valence-corrected chi connectivity index (χ0v) is 18.9. The second-order valence-corrected chi connectivity index (χ2v) is 10.2. The highest BCUT2D eigenvalue weighted by atomic mass is 32.2. The molecular formula is C21H23N3O5S2. The minimum absolute atomic E-state index is 0.160. The number of unbranched alkanes of at least 4 members (excludes halogenated alkanes) is 1. The van der Waals surface area contributed by atoms with Crippen molar-refractivity contribution < 1.29 is 22.7 Å². The summed E-state index contributed by atoms with van der Waals surface area (Å²) in [6.07, 6.45) is 1.70. The fourth-order valence-corrected chi connectivity index (χ4v) is 5.23. The van der Waals surface area contributed by atoms with E-state index in [1.807, 2.05) is 13.0 Å². The Kier molecular flexibility index (Phi) is 6.12. The SMILES string of the molecule is CCCCN(C)S(=O)(=O)c1ccc(C(=O)Nc2nc3cc4c(cc3s2)OCCO4)cc1. The molecule has 0 saturated heterocycles. The van der Waals surface area contributed by atoms with Gasteiger partial charge in [-0.15, -0.1) is 0 Å². The first-order valence-electron chi connectivity index (χ1n) is 9.96. The number of sulfonamides is 1. The van der Waals surface area contributed by atoms with E-state index in [4.69, 9.17) is 9.47 Å². The highest BCUT2D eigenvalue weighted by Crippen LogP contribution is 2.37. The van der Waals surface area contributed by atoms with Crippen molar-refractivity contribution in [1.29, 1.82) is 0 Å². The van der Waals surface area contributed by atoms with Crippen molar-refractivity contribution in [3.63, 3.8) is 0 Å². The van der Waals surface area contributed by atoms with E-state index >= 15 is 0 Å². The van der Waals surface area contributed by atoms with Crippen molar-refractivity contribution in [1.82, 2.24) is 9.29 Å². The predicted octanol–water partition coefficient (Wildman–Crippen LogP) is 3.74. The number of nitrogens with zero attached hydrogens (tertiary/aromatic N) is 2. The molecule has 3 aromatic rings. The molecule has 0 unspecified atom stereocenters. The number of amides is 1. The summed E-state index contributed by atoms with van der Waals surface area (Å²) in [4.78, 5) is 17.2. The number of thiazole rings is 1. The average molecular weight is 462 g/mol. The number of aromatic nitrogens is 1. The minimum Gasteiger partial charge on any atom is -0.486 e. The Morgan fingerprint density at radius 2 is 1.84 bits per heavy atom. The molecule has 31 heavy (non-hydrogen) atoms. The van der Waals surface area contributed by atoms with Gasteiger partial charge in [-0.3, -0.25) is 10.1 Å². The summed E-state index contributed by atoms with van der Waals surface area (Å²) in [5.41, 5.74) is 1.06. The zero-order chi connectivity index (χ0) is 22.0. The van der Waals surface area contributed by atoms with Crippen LogP contribution in [0.2, 0.25) is 0 Å². The van der Waals surface area contributed by atoms with Crippen LogP contribution in [-0.2, 0) is 10.0 Å². The molecule has 1 aliphatic rings. The Balaban J connectivity index is 1.49. The third-order valence-electron chi connectivity index (χ3n) is 4.92. The number of fused-ring (bicyclic) bond motifs is 2. The number of benzene rings is 2. The smallest absolute Gasteiger partial charge is 0.257 e. The third-order valence-corrected chi connectivity index (χ3v) is 7.73. The highest BCUT2D eigenvalue weighted by molar-refractivity contribution is 7.89. The lowest BCUT2D eigenvalue weighted by molar-refractivity contribution is 0.102. The van der Waals surface area contributed by atoms with E-state index in [1.54, 1.807) is 13.1 Å². The molecule has 2 aromatic carbocycles. The number of ether oxygens (including phenoxy) is 2. The number of carbonyl (C=O) groups is 1. The van der Waals surface area contributed by atoms with Crippen LogP contribution in [0, 0.1) is 0 Å². The molecule has 4 rings (SSSR count). The fourth-order valence-electron chi connectivity index (χ4n) is 3.15. The van der Waals surface area contributed by atoms with Gasteiger partial charge < -0.3 is 9.47 Å². The summed E-state index contributed by atoms with van der Waals surface area (Å²) < 4.78 is 38.6. The maximum Gasteiger partial charge on any atom is 0.257 e. The second kappa shape index (κ2) is 8.81. The van der Waals surface area contributed by atoms with E-state index in [9.17, 15) is 13.2 Å². The van der Waals surface area contributed by atoms with Crippen LogP contribution in [0.15, 0.2) is 41.3 Å². The number of hydrogen-bond acceptors (Lipinski definition) is 7. The molecule has 8 nitrogen and oxygen atoms in total. The van der Waals surface area contributed by atoms with Gasteiger partial charge in [0.05, 0.1) is 15.1 Å². The van der Waals surface area contributed by atoms with E-state index in [1.165, 1.54) is 39.9 Å². The van der Waals surface area contributed by atoms with E-state index in [0.717, 1.165) is 17.5 Å². The Bertz CT molecular complexity index is 1160. The van der Waals surface area contributed by atoms with Gasteiger partial charge in [-0.25, -0.2) is 17.7 Å². The Morgan fingerprint density at radius 1 is 1.16 bits per heavy atom. The number of rotatable bonds is 7. The van der Waals surface area contributed by atoms with Crippen molar-refractivity contribution >= 4 is 42.6 Å². The van der Waals surface area contributed by atoms with Crippen LogP contribution >= 0.6 is 11.3 Å². The first-order chi connectivity index (χ1) is 14.9. The van der Waals surface area contributed by atoms with Crippen molar-refractivity contribution in [3.05, 3.63) is 42.0 Å². The summed E-state index contributed by atoms with van der Waals surface area (Å²) in [6, 6.07) is 9.56. The summed E-state index contributed by atoms with van der Waals surface area (Å²) in [6.45, 7) is 3.46. The number of anilines is 1. The minimum atomic E-state index is -3.57. The molecule has 0 saturated carbocycles. The quantitative estimate of drug-likeness (QED) is 0.576. The first-order valence-corrected chi connectivity index (χ1v) is 12.2. The van der Waals surface area contributed by atoms with Gasteiger partial charge in [-0.2, -0.15) is 0 Å². The van der Waals surface area contributed by atoms with Gasteiger partial charge >= 0.3 is 0 Å². The molecule has 0 radical (unpaired) electrons. The average Bonchev–Trinajstić information content (AvgIpc) is 3.16. The van der Waals surface area contributed by atoms with E-state index in [-0.39, 0.29) is 10.8 Å². The number of carbonyl (C=O) groups excluding carboxylic acids is 1. The lowest BCUT2D eigenvalue weighted by Crippen LogP contribution is -2.28. The molecule has 164 valence electrons.